The molecule has 0 amide bonds. The fourth-order valence-electron chi connectivity index (χ4n) is 2.26. The van der Waals surface area contributed by atoms with Gasteiger partial charge in [-0.1, -0.05) is 18.2 Å². The summed E-state index contributed by atoms with van der Waals surface area (Å²) in [5.41, 5.74) is 2.83. The molecular weight excluding hydrogens is 346 g/mol. The van der Waals surface area contributed by atoms with E-state index in [1.165, 1.54) is 35.7 Å². The van der Waals surface area contributed by atoms with Crippen molar-refractivity contribution >= 4 is 22.0 Å². The van der Waals surface area contributed by atoms with Gasteiger partial charge in [0.1, 0.15) is 13.0 Å². The lowest BCUT2D eigenvalue weighted by molar-refractivity contribution is 0.101. The van der Waals surface area contributed by atoms with Gasteiger partial charge in [-0.3, -0.25) is 15.1 Å². The summed E-state index contributed by atoms with van der Waals surface area (Å²) in [6.07, 6.45) is 3.52. The molecule has 0 fully saturated rings. The molecule has 3 rings (SSSR count). The largest absolute Gasteiger partial charge is 0.494 e. The minimum Gasteiger partial charge on any atom is -0.494 e. The molecule has 25 heavy (non-hydrogen) atoms. The number of carbonyl (C=O) groups is 1. The maximum atomic E-state index is 12.5. The number of benzene rings is 1. The summed E-state index contributed by atoms with van der Waals surface area (Å²) < 4.78 is 30.0. The Bertz CT molecular complexity index is 932. The lowest BCUT2D eigenvalue weighted by atomic mass is 10.2. The van der Waals surface area contributed by atoms with E-state index in [0.29, 0.717) is 0 Å². The third-order valence-corrected chi connectivity index (χ3v) is 5.18. The lowest BCUT2D eigenvalue weighted by Gasteiger charge is -2.10. The lowest BCUT2D eigenvalue weighted by Crippen LogP contribution is -2.23. The fourth-order valence-corrected chi connectivity index (χ4v) is 3.63. The Kier molecular flexibility index (Phi) is 4.57. The second kappa shape index (κ2) is 6.81. The number of aliphatic hydroxyl groups excluding tert-OH is 1. The van der Waals surface area contributed by atoms with Crippen molar-refractivity contribution in [1.82, 2.24) is 10.3 Å². The predicted molar refractivity (Wildman–Crippen MR) is 89.4 cm³/mol. The Hall–Kier alpha value is -3.07. The van der Waals surface area contributed by atoms with Gasteiger partial charge in [0, 0.05) is 11.6 Å². The molecule has 1 aromatic carbocycles. The highest BCUT2D eigenvalue weighted by molar-refractivity contribution is 7.90. The number of hydrogen-bond donors (Lipinski definition) is 2. The van der Waals surface area contributed by atoms with Crippen LogP contribution in [0.5, 0.6) is 0 Å². The van der Waals surface area contributed by atoms with Gasteiger partial charge < -0.3 is 9.52 Å². The van der Waals surface area contributed by atoms with Crippen molar-refractivity contribution in [2.45, 2.75) is 10.6 Å². The topological polar surface area (TPSA) is 112 Å². The molecule has 0 unspecified atom stereocenters. The van der Waals surface area contributed by atoms with Crippen molar-refractivity contribution in [2.24, 2.45) is 5.10 Å². The number of nitrogens with one attached hydrogen (secondary N) is 1. The number of aliphatic hydroxyl groups is 1. The highest BCUT2D eigenvalue weighted by Gasteiger charge is 2.22. The quantitative estimate of drug-likeness (QED) is 0.457. The second-order valence-electron chi connectivity index (χ2n) is 5.24. The van der Waals surface area contributed by atoms with E-state index in [9.17, 15) is 18.3 Å². The predicted octanol–water partition coefficient (Wildman–Crippen LogP) is 1.64. The first kappa shape index (κ1) is 16.8. The number of carbonyl (C=O) groups excluding carboxylic acids is 1. The number of nitrogens with zero attached hydrogens (tertiary/aromatic N) is 2. The molecule has 9 heteroatoms. The van der Waals surface area contributed by atoms with Crippen LogP contribution in [0, 0.1) is 0 Å². The van der Waals surface area contributed by atoms with Crippen LogP contribution in [0.1, 0.15) is 16.1 Å². The standard InChI is InChI=1S/C16H15N3O5S/c20-14(8-15(21)19-10-17-18-11-19)16-12(6-7-24-16)9-25(22,23)13-4-2-1-3-5-13/h1-8,10,18,21H,9,11H2. The maximum absolute atomic E-state index is 12.5. The van der Waals surface area contributed by atoms with Crippen molar-refractivity contribution in [3.05, 3.63) is 65.9 Å². The Morgan fingerprint density at radius 3 is 2.76 bits per heavy atom. The summed E-state index contributed by atoms with van der Waals surface area (Å²) >= 11 is 0. The molecule has 0 spiro atoms. The van der Waals surface area contributed by atoms with Gasteiger partial charge in [0.05, 0.1) is 16.9 Å². The van der Waals surface area contributed by atoms with Crippen molar-refractivity contribution < 1.29 is 22.7 Å². The van der Waals surface area contributed by atoms with Crippen LogP contribution in [0.25, 0.3) is 0 Å². The van der Waals surface area contributed by atoms with E-state index in [2.05, 4.69) is 10.5 Å². The first-order valence-corrected chi connectivity index (χ1v) is 8.94. The number of hydrazone groups is 1. The molecule has 8 nitrogen and oxygen atoms in total. The molecule has 0 aliphatic carbocycles. The van der Waals surface area contributed by atoms with E-state index in [1.54, 1.807) is 18.2 Å². The molecule has 0 saturated carbocycles. The summed E-state index contributed by atoms with van der Waals surface area (Å²) in [6, 6.07) is 9.37. The van der Waals surface area contributed by atoms with Gasteiger partial charge in [-0.2, -0.15) is 5.10 Å². The molecule has 1 aromatic heterocycles. The van der Waals surface area contributed by atoms with Gasteiger partial charge in [-0.05, 0) is 18.2 Å². The Balaban J connectivity index is 1.82. The molecule has 1 aliphatic rings. The van der Waals surface area contributed by atoms with Gasteiger partial charge >= 0.3 is 0 Å². The average Bonchev–Trinajstić information content (AvgIpc) is 3.27. The molecule has 2 N–H and O–H groups in total. The summed E-state index contributed by atoms with van der Waals surface area (Å²) in [7, 11) is -3.62. The summed E-state index contributed by atoms with van der Waals surface area (Å²) in [4.78, 5) is 13.8. The third-order valence-electron chi connectivity index (χ3n) is 3.50. The summed E-state index contributed by atoms with van der Waals surface area (Å²) in [5, 5.41) is 13.6. The van der Waals surface area contributed by atoms with E-state index in [-0.39, 0.29) is 34.5 Å². The molecular formula is C16H15N3O5S. The van der Waals surface area contributed by atoms with Crippen LogP contribution >= 0.6 is 0 Å². The van der Waals surface area contributed by atoms with Gasteiger partial charge in [0.25, 0.3) is 0 Å². The van der Waals surface area contributed by atoms with Crippen molar-refractivity contribution in [2.75, 3.05) is 6.67 Å². The number of sulfone groups is 1. The highest BCUT2D eigenvalue weighted by Crippen LogP contribution is 2.21. The molecule has 130 valence electrons. The smallest absolute Gasteiger partial charge is 0.226 e. The zero-order valence-electron chi connectivity index (χ0n) is 13.0. The maximum Gasteiger partial charge on any atom is 0.226 e. The van der Waals surface area contributed by atoms with Gasteiger partial charge in [-0.15, -0.1) is 0 Å². The Morgan fingerprint density at radius 2 is 2.08 bits per heavy atom. The minimum atomic E-state index is -3.62. The molecule has 0 atom stereocenters. The Morgan fingerprint density at radius 1 is 1.32 bits per heavy atom. The minimum absolute atomic E-state index is 0.129. The van der Waals surface area contributed by atoms with Gasteiger partial charge in [-0.25, -0.2) is 8.42 Å². The third kappa shape index (κ3) is 3.72. The molecule has 2 heterocycles. The first-order chi connectivity index (χ1) is 12.0. The summed E-state index contributed by atoms with van der Waals surface area (Å²) in [6.45, 7) is 0.225. The van der Waals surface area contributed by atoms with Crippen molar-refractivity contribution in [1.29, 1.82) is 0 Å². The van der Waals surface area contributed by atoms with E-state index in [4.69, 9.17) is 4.42 Å². The van der Waals surface area contributed by atoms with Crippen LogP contribution in [0.3, 0.4) is 0 Å². The first-order valence-electron chi connectivity index (χ1n) is 7.29. The van der Waals surface area contributed by atoms with Gasteiger partial charge in [0.2, 0.25) is 5.78 Å². The zero-order chi connectivity index (χ0) is 17.9. The Labute approximate surface area is 144 Å². The molecule has 0 bridgehead atoms. The number of furan rings is 1. The molecule has 2 aromatic rings. The fraction of sp³-hybridized carbons (Fsp3) is 0.125. The molecule has 0 saturated heterocycles. The average molecular weight is 361 g/mol. The second-order valence-corrected chi connectivity index (χ2v) is 7.23. The van der Waals surface area contributed by atoms with Crippen LogP contribution in [-0.2, 0) is 15.6 Å². The van der Waals surface area contributed by atoms with Crippen molar-refractivity contribution in [3.8, 4) is 0 Å². The number of rotatable bonds is 6. The summed E-state index contributed by atoms with van der Waals surface area (Å²) in [5.74, 6) is -1.47. The van der Waals surface area contributed by atoms with E-state index in [0.717, 1.165) is 6.08 Å². The molecule has 0 radical (unpaired) electrons. The van der Waals surface area contributed by atoms with E-state index < -0.39 is 15.6 Å². The van der Waals surface area contributed by atoms with Gasteiger partial charge in [0.15, 0.2) is 21.5 Å². The van der Waals surface area contributed by atoms with Crippen LogP contribution in [0.4, 0.5) is 0 Å². The number of allylic oxidation sites excluding steroid dienone is 1. The molecule has 1 aliphatic heterocycles. The van der Waals surface area contributed by atoms with Crippen LogP contribution in [0.2, 0.25) is 0 Å². The number of hydrogen-bond acceptors (Lipinski definition) is 8. The normalized spacial score (nSPS) is 14.6. The monoisotopic (exact) mass is 361 g/mol. The highest BCUT2D eigenvalue weighted by atomic mass is 32.2. The van der Waals surface area contributed by atoms with Crippen molar-refractivity contribution in [3.63, 3.8) is 0 Å². The van der Waals surface area contributed by atoms with E-state index in [1.807, 2.05) is 0 Å². The zero-order valence-corrected chi connectivity index (χ0v) is 13.8. The number of ketones is 1. The van der Waals surface area contributed by atoms with Crippen LogP contribution in [-0.4, -0.2) is 37.2 Å². The van der Waals surface area contributed by atoms with Crippen LogP contribution < -0.4 is 5.43 Å². The van der Waals surface area contributed by atoms with E-state index >= 15 is 0 Å². The SMILES string of the molecule is O=C(C=C(O)N1C=NNC1)c1occc1CS(=O)(=O)c1ccccc1. The van der Waals surface area contributed by atoms with Crippen LogP contribution in [0.15, 0.2) is 69.0 Å².